The fourth-order valence-corrected chi connectivity index (χ4v) is 4.22. The van der Waals surface area contributed by atoms with Gasteiger partial charge >= 0.3 is 18.0 Å². The van der Waals surface area contributed by atoms with Crippen molar-refractivity contribution in [2.45, 2.75) is 38.4 Å². The summed E-state index contributed by atoms with van der Waals surface area (Å²) >= 11 is 6.25. The minimum absolute atomic E-state index is 0.0100. The van der Waals surface area contributed by atoms with E-state index in [0.29, 0.717) is 10.2 Å². The van der Waals surface area contributed by atoms with Crippen LogP contribution in [0.3, 0.4) is 0 Å². The van der Waals surface area contributed by atoms with Gasteiger partial charge in [-0.3, -0.25) is 9.59 Å². The van der Waals surface area contributed by atoms with Gasteiger partial charge in [0, 0.05) is 12.7 Å². The molecule has 0 saturated heterocycles. The number of hydrogen-bond acceptors (Lipinski definition) is 7. The van der Waals surface area contributed by atoms with Gasteiger partial charge in [0.1, 0.15) is 5.69 Å². The predicted molar refractivity (Wildman–Crippen MR) is 142 cm³/mol. The summed E-state index contributed by atoms with van der Waals surface area (Å²) in [5.41, 5.74) is -1.86. The van der Waals surface area contributed by atoms with Crippen molar-refractivity contribution in [1.82, 2.24) is 35.1 Å². The second-order valence-corrected chi connectivity index (χ2v) is 9.74. The number of pyridine rings is 1. The molecule has 2 N–H and O–H groups in total. The summed E-state index contributed by atoms with van der Waals surface area (Å²) in [6.45, 7) is 2.81. The standard InChI is InChI=1S/C26H19ClF7N9O2/c1-3-36-22(44)16-8-14(10-35)7-13(2)20(16)38-23(45)18-9-15(40-43(18)21-17(27)5-4-6-37-21)11-42-12-19(39-41-42)24(28,29)25(30,31)26(32,33)34/h4-9,12H,3,11H2,1-2H3,(H,36,44)(H,38,45). The molecule has 0 aliphatic heterocycles. The molecule has 0 fully saturated rings. The van der Waals surface area contributed by atoms with E-state index in [1.807, 2.05) is 6.07 Å². The van der Waals surface area contributed by atoms with Crippen LogP contribution in [0.2, 0.25) is 5.02 Å². The van der Waals surface area contributed by atoms with Crippen molar-refractivity contribution in [1.29, 1.82) is 5.26 Å². The van der Waals surface area contributed by atoms with E-state index in [-0.39, 0.29) is 51.8 Å². The van der Waals surface area contributed by atoms with E-state index in [4.69, 9.17) is 11.6 Å². The van der Waals surface area contributed by atoms with Crippen molar-refractivity contribution in [3.63, 3.8) is 0 Å². The largest absolute Gasteiger partial charge is 0.460 e. The minimum Gasteiger partial charge on any atom is -0.352 e. The van der Waals surface area contributed by atoms with Crippen molar-refractivity contribution in [3.8, 4) is 11.9 Å². The van der Waals surface area contributed by atoms with E-state index in [9.17, 15) is 45.6 Å². The Kier molecular flexibility index (Phi) is 8.87. The zero-order valence-electron chi connectivity index (χ0n) is 22.9. The van der Waals surface area contributed by atoms with Gasteiger partial charge in [-0.05, 0) is 49.7 Å². The van der Waals surface area contributed by atoms with Crippen molar-refractivity contribution in [2.24, 2.45) is 0 Å². The first-order valence-electron chi connectivity index (χ1n) is 12.6. The number of alkyl halides is 7. The second-order valence-electron chi connectivity index (χ2n) is 9.33. The smallest absolute Gasteiger partial charge is 0.352 e. The Balaban J connectivity index is 1.74. The Morgan fingerprint density at radius 1 is 1.09 bits per heavy atom. The molecule has 0 saturated carbocycles. The first kappa shape index (κ1) is 32.9. The van der Waals surface area contributed by atoms with E-state index < -0.39 is 42.1 Å². The number of anilines is 1. The lowest BCUT2D eigenvalue weighted by atomic mass is 10.0. The van der Waals surface area contributed by atoms with E-state index in [1.165, 1.54) is 37.4 Å². The number of hydrogen-bond donors (Lipinski definition) is 2. The number of halogens is 8. The number of nitrogens with one attached hydrogen (secondary N) is 2. The molecular weight excluding hydrogens is 639 g/mol. The van der Waals surface area contributed by atoms with Crippen LogP contribution in [0.25, 0.3) is 5.82 Å². The molecule has 0 bridgehead atoms. The van der Waals surface area contributed by atoms with E-state index >= 15 is 0 Å². The molecule has 11 nitrogen and oxygen atoms in total. The van der Waals surface area contributed by atoms with Gasteiger partial charge in [0.15, 0.2) is 11.5 Å². The van der Waals surface area contributed by atoms with E-state index in [0.717, 1.165) is 10.7 Å². The molecule has 4 aromatic rings. The third-order valence-electron chi connectivity index (χ3n) is 6.15. The summed E-state index contributed by atoms with van der Waals surface area (Å²) in [5.74, 6) is -13.8. The lowest BCUT2D eigenvalue weighted by Gasteiger charge is -2.26. The maximum Gasteiger partial charge on any atom is 0.460 e. The number of amides is 2. The molecule has 0 atom stereocenters. The Morgan fingerprint density at radius 2 is 1.80 bits per heavy atom. The van der Waals surface area contributed by atoms with Gasteiger partial charge < -0.3 is 10.6 Å². The molecule has 0 unspecified atom stereocenters. The monoisotopic (exact) mass is 657 g/mol. The highest BCUT2D eigenvalue weighted by molar-refractivity contribution is 6.32. The highest BCUT2D eigenvalue weighted by Gasteiger charge is 2.74. The molecule has 1 aromatic carbocycles. The SMILES string of the molecule is CCNC(=O)c1cc(C#N)cc(C)c1NC(=O)c1cc(Cn2cc(C(F)(F)C(F)(F)C(F)(F)F)nn2)nn1-c1ncccc1Cl. The predicted octanol–water partition coefficient (Wildman–Crippen LogP) is 5.03. The van der Waals surface area contributed by atoms with Gasteiger partial charge in [0.25, 0.3) is 11.8 Å². The van der Waals surface area contributed by atoms with Gasteiger partial charge in [-0.1, -0.05) is 16.8 Å². The van der Waals surface area contributed by atoms with Gasteiger partial charge in [-0.25, -0.2) is 14.3 Å². The number of rotatable bonds is 9. The number of carbonyl (C=O) groups is 2. The summed E-state index contributed by atoms with van der Waals surface area (Å²) in [6.07, 6.45) is -5.08. The Bertz CT molecular complexity index is 1810. The molecule has 0 spiro atoms. The molecule has 236 valence electrons. The maximum absolute atomic E-state index is 14.1. The zero-order chi connectivity index (χ0) is 33.3. The average Bonchev–Trinajstić information content (AvgIpc) is 3.61. The molecule has 0 radical (unpaired) electrons. The minimum atomic E-state index is -6.58. The second kappa shape index (κ2) is 12.1. The highest BCUT2D eigenvalue weighted by atomic mass is 35.5. The summed E-state index contributed by atoms with van der Waals surface area (Å²) < 4.78 is 94.6. The van der Waals surface area contributed by atoms with Crippen LogP contribution < -0.4 is 10.6 Å². The summed E-state index contributed by atoms with van der Waals surface area (Å²) in [5, 5.41) is 24.7. The van der Waals surface area contributed by atoms with Crippen LogP contribution in [0.1, 0.15) is 50.3 Å². The lowest BCUT2D eigenvalue weighted by molar-refractivity contribution is -0.360. The highest BCUT2D eigenvalue weighted by Crippen LogP contribution is 2.51. The molecule has 3 aromatic heterocycles. The van der Waals surface area contributed by atoms with Gasteiger partial charge in [0.05, 0.1) is 46.3 Å². The van der Waals surface area contributed by atoms with Crippen molar-refractivity contribution >= 4 is 29.1 Å². The van der Waals surface area contributed by atoms with Crippen molar-refractivity contribution in [3.05, 3.63) is 81.5 Å². The number of aryl methyl sites for hydroxylation is 1. The zero-order valence-corrected chi connectivity index (χ0v) is 23.7. The topological polar surface area (TPSA) is 143 Å². The molecule has 45 heavy (non-hydrogen) atoms. The molecule has 0 aliphatic carbocycles. The van der Waals surface area contributed by atoms with Crippen molar-refractivity contribution in [2.75, 3.05) is 11.9 Å². The van der Waals surface area contributed by atoms with Crippen LogP contribution in [-0.2, 0) is 12.5 Å². The average molecular weight is 658 g/mol. The van der Waals surface area contributed by atoms with E-state index in [2.05, 4.69) is 31.0 Å². The van der Waals surface area contributed by atoms with Crippen LogP contribution in [0.4, 0.5) is 36.4 Å². The van der Waals surface area contributed by atoms with Crippen LogP contribution in [0, 0.1) is 18.3 Å². The summed E-state index contributed by atoms with van der Waals surface area (Å²) in [6, 6.07) is 8.63. The van der Waals surface area contributed by atoms with Gasteiger partial charge in [-0.15, -0.1) is 5.10 Å². The first-order valence-corrected chi connectivity index (χ1v) is 13.0. The fraction of sp³-hybridized carbons (Fsp3) is 0.269. The van der Waals surface area contributed by atoms with Crippen LogP contribution in [0.5, 0.6) is 0 Å². The van der Waals surface area contributed by atoms with E-state index in [1.54, 1.807) is 6.92 Å². The van der Waals surface area contributed by atoms with Gasteiger partial charge in [0.2, 0.25) is 0 Å². The Labute approximate surface area is 253 Å². The molecule has 4 rings (SSSR count). The third-order valence-corrected chi connectivity index (χ3v) is 6.45. The Morgan fingerprint density at radius 3 is 2.42 bits per heavy atom. The van der Waals surface area contributed by atoms with Crippen LogP contribution in [0.15, 0.2) is 42.7 Å². The fourth-order valence-electron chi connectivity index (χ4n) is 4.02. The first-order chi connectivity index (χ1) is 21.0. The van der Waals surface area contributed by atoms with Crippen LogP contribution >= 0.6 is 11.6 Å². The number of nitrogens with zero attached hydrogens (tertiary/aromatic N) is 7. The quantitative estimate of drug-likeness (QED) is 0.240. The van der Waals surface area contributed by atoms with Crippen LogP contribution in [-0.4, -0.2) is 60.2 Å². The summed E-state index contributed by atoms with van der Waals surface area (Å²) in [7, 11) is 0. The lowest BCUT2D eigenvalue weighted by Crippen LogP contribution is -2.50. The number of benzene rings is 1. The number of carbonyl (C=O) groups excluding carboxylic acids is 2. The Hall–Kier alpha value is -5.05. The van der Waals surface area contributed by atoms with Gasteiger partial charge in [-0.2, -0.15) is 41.1 Å². The molecule has 0 aliphatic rings. The molecular formula is C26H19ClF7N9O2. The third kappa shape index (κ3) is 6.29. The summed E-state index contributed by atoms with van der Waals surface area (Å²) in [4.78, 5) is 30.4. The van der Waals surface area contributed by atoms with Crippen molar-refractivity contribution < 1.29 is 40.3 Å². The normalized spacial score (nSPS) is 12.1. The molecule has 19 heteroatoms. The number of aromatic nitrogens is 6. The molecule has 3 heterocycles. The number of nitriles is 1. The maximum atomic E-state index is 14.1. The molecule has 2 amide bonds.